The van der Waals surface area contributed by atoms with Crippen molar-refractivity contribution in [2.45, 2.75) is 25.9 Å². The second-order valence-electron chi connectivity index (χ2n) is 6.43. The lowest BCUT2D eigenvalue weighted by molar-refractivity contribution is -0.132. The number of nitrogens with zero attached hydrogens (tertiary/aromatic N) is 3. The second-order valence-corrected chi connectivity index (χ2v) is 8.93. The fourth-order valence-corrected chi connectivity index (χ4v) is 4.42. The number of carbonyl (C=O) groups is 1. The van der Waals surface area contributed by atoms with Crippen LogP contribution in [0.5, 0.6) is 0 Å². The second kappa shape index (κ2) is 9.35. The number of aromatic nitrogens is 2. The van der Waals surface area contributed by atoms with E-state index >= 15 is 0 Å². The molecule has 0 fully saturated rings. The van der Waals surface area contributed by atoms with Crippen LogP contribution in [0.25, 0.3) is 11.4 Å². The van der Waals surface area contributed by atoms with Gasteiger partial charge in [-0.1, -0.05) is 28.9 Å². The van der Waals surface area contributed by atoms with Gasteiger partial charge in [0.25, 0.3) is 0 Å². The van der Waals surface area contributed by atoms with Gasteiger partial charge in [-0.15, -0.1) is 22.7 Å². The standard InChI is InChI=1S/C21H18ClN3O2S2/c22-16-7-5-15(6-8-16)21-23-19(27-24-21)9-10-20(26)25(13-17-3-1-11-28-17)14-18-4-2-12-29-18/h1-8,11-12H,9-10,13-14H2. The lowest BCUT2D eigenvalue weighted by Crippen LogP contribution is -2.29. The maximum Gasteiger partial charge on any atom is 0.227 e. The zero-order chi connectivity index (χ0) is 20.1. The van der Waals surface area contributed by atoms with Gasteiger partial charge in [-0.05, 0) is 47.2 Å². The summed E-state index contributed by atoms with van der Waals surface area (Å²) in [5.74, 6) is 1.02. The third kappa shape index (κ3) is 5.32. The van der Waals surface area contributed by atoms with Crippen LogP contribution in [0.1, 0.15) is 22.1 Å². The number of thiophene rings is 2. The molecule has 0 aliphatic heterocycles. The van der Waals surface area contributed by atoms with E-state index in [9.17, 15) is 4.79 Å². The Hall–Kier alpha value is -2.48. The molecule has 0 spiro atoms. The van der Waals surface area contributed by atoms with Crippen LogP contribution in [0.4, 0.5) is 0 Å². The largest absolute Gasteiger partial charge is 0.339 e. The van der Waals surface area contributed by atoms with Gasteiger partial charge < -0.3 is 9.42 Å². The number of rotatable bonds is 8. The van der Waals surface area contributed by atoms with Gasteiger partial charge >= 0.3 is 0 Å². The molecule has 3 heterocycles. The summed E-state index contributed by atoms with van der Waals surface area (Å²) in [6.45, 7) is 1.21. The van der Waals surface area contributed by atoms with Gasteiger partial charge in [0, 0.05) is 33.2 Å². The van der Waals surface area contributed by atoms with Gasteiger partial charge in [-0.25, -0.2) is 0 Å². The number of benzene rings is 1. The highest BCUT2D eigenvalue weighted by atomic mass is 35.5. The Kier molecular flexibility index (Phi) is 6.39. The number of amides is 1. The fourth-order valence-electron chi connectivity index (χ4n) is 2.86. The summed E-state index contributed by atoms with van der Waals surface area (Å²) in [7, 11) is 0. The Bertz CT molecular complexity index is 1010. The van der Waals surface area contributed by atoms with Gasteiger partial charge in [-0.2, -0.15) is 4.98 Å². The zero-order valence-corrected chi connectivity index (χ0v) is 17.8. The van der Waals surface area contributed by atoms with Crippen LogP contribution >= 0.6 is 34.3 Å². The van der Waals surface area contributed by atoms with E-state index in [1.165, 1.54) is 0 Å². The van der Waals surface area contributed by atoms with Crippen molar-refractivity contribution in [3.05, 3.63) is 80.0 Å². The number of halogens is 1. The summed E-state index contributed by atoms with van der Waals surface area (Å²) in [5.41, 5.74) is 0.827. The Balaban J connectivity index is 1.40. The molecule has 4 rings (SSSR count). The summed E-state index contributed by atoms with van der Waals surface area (Å²) in [5, 5.41) is 8.72. The van der Waals surface area contributed by atoms with Gasteiger partial charge in [-0.3, -0.25) is 4.79 Å². The lowest BCUT2D eigenvalue weighted by atomic mass is 10.2. The topological polar surface area (TPSA) is 59.2 Å². The van der Waals surface area contributed by atoms with E-state index in [0.717, 1.165) is 15.3 Å². The van der Waals surface area contributed by atoms with E-state index in [1.54, 1.807) is 34.8 Å². The van der Waals surface area contributed by atoms with Crippen LogP contribution in [0, 0.1) is 0 Å². The molecule has 0 N–H and O–H groups in total. The first-order valence-electron chi connectivity index (χ1n) is 9.08. The lowest BCUT2D eigenvalue weighted by Gasteiger charge is -2.21. The van der Waals surface area contributed by atoms with E-state index in [1.807, 2.05) is 39.9 Å². The van der Waals surface area contributed by atoms with Crippen molar-refractivity contribution in [3.63, 3.8) is 0 Å². The molecule has 0 radical (unpaired) electrons. The summed E-state index contributed by atoms with van der Waals surface area (Å²) in [6, 6.07) is 15.4. The molecule has 148 valence electrons. The fraction of sp³-hybridized carbons (Fsp3) is 0.190. The molecule has 1 aromatic carbocycles. The highest BCUT2D eigenvalue weighted by Crippen LogP contribution is 2.21. The third-order valence-corrected chi connectivity index (χ3v) is 6.30. The van der Waals surface area contributed by atoms with E-state index in [2.05, 4.69) is 22.3 Å². The first-order valence-corrected chi connectivity index (χ1v) is 11.2. The normalized spacial score (nSPS) is 10.9. The molecule has 0 bridgehead atoms. The summed E-state index contributed by atoms with van der Waals surface area (Å²) >= 11 is 9.23. The molecule has 8 heteroatoms. The van der Waals surface area contributed by atoms with Crippen LogP contribution < -0.4 is 0 Å². The SMILES string of the molecule is O=C(CCc1nc(-c2ccc(Cl)cc2)no1)N(Cc1cccs1)Cc1cccs1. The molecule has 0 saturated heterocycles. The smallest absolute Gasteiger partial charge is 0.227 e. The predicted octanol–water partition coefficient (Wildman–Crippen LogP) is 5.67. The summed E-state index contributed by atoms with van der Waals surface area (Å²) in [4.78, 5) is 21.5. The Morgan fingerprint density at radius 2 is 1.66 bits per heavy atom. The molecule has 4 aromatic rings. The minimum absolute atomic E-state index is 0.0676. The molecular formula is C21H18ClN3O2S2. The van der Waals surface area contributed by atoms with Crippen molar-refractivity contribution in [2.24, 2.45) is 0 Å². The first-order chi connectivity index (χ1) is 14.2. The Labute approximate surface area is 181 Å². The average molecular weight is 444 g/mol. The van der Waals surface area contributed by atoms with Crippen LogP contribution in [0.2, 0.25) is 5.02 Å². The van der Waals surface area contributed by atoms with Gasteiger partial charge in [0.15, 0.2) is 0 Å². The predicted molar refractivity (Wildman–Crippen MR) is 116 cm³/mol. The first kappa shape index (κ1) is 19.8. The monoisotopic (exact) mass is 443 g/mol. The Morgan fingerprint density at radius 3 is 2.24 bits per heavy atom. The molecule has 29 heavy (non-hydrogen) atoms. The van der Waals surface area contributed by atoms with Crippen molar-refractivity contribution in [1.82, 2.24) is 15.0 Å². The summed E-state index contributed by atoms with van der Waals surface area (Å²) < 4.78 is 5.33. The van der Waals surface area contributed by atoms with Crippen molar-refractivity contribution in [1.29, 1.82) is 0 Å². The minimum atomic E-state index is 0.0676. The highest BCUT2D eigenvalue weighted by molar-refractivity contribution is 7.10. The Morgan fingerprint density at radius 1 is 1.00 bits per heavy atom. The van der Waals surface area contributed by atoms with Crippen molar-refractivity contribution in [3.8, 4) is 11.4 Å². The third-order valence-electron chi connectivity index (χ3n) is 4.33. The molecule has 0 saturated carbocycles. The maximum atomic E-state index is 12.9. The van der Waals surface area contributed by atoms with Gasteiger partial charge in [0.05, 0.1) is 13.1 Å². The molecule has 1 amide bonds. The van der Waals surface area contributed by atoms with Crippen molar-refractivity contribution < 1.29 is 9.32 Å². The molecule has 0 aliphatic carbocycles. The van der Waals surface area contributed by atoms with Gasteiger partial charge in [0.2, 0.25) is 17.6 Å². The van der Waals surface area contributed by atoms with Crippen LogP contribution in [-0.4, -0.2) is 20.9 Å². The zero-order valence-electron chi connectivity index (χ0n) is 15.5. The van der Waals surface area contributed by atoms with Crippen LogP contribution in [0.3, 0.4) is 0 Å². The van der Waals surface area contributed by atoms with Crippen LogP contribution in [-0.2, 0) is 24.3 Å². The maximum absolute atomic E-state index is 12.9. The molecule has 0 atom stereocenters. The van der Waals surface area contributed by atoms with Crippen molar-refractivity contribution >= 4 is 40.2 Å². The molecule has 5 nitrogen and oxygen atoms in total. The van der Waals surface area contributed by atoms with Crippen LogP contribution in [0.15, 0.2) is 63.8 Å². The molecule has 0 aliphatic rings. The summed E-state index contributed by atoms with van der Waals surface area (Å²) in [6.07, 6.45) is 0.726. The molecule has 3 aromatic heterocycles. The number of aryl methyl sites for hydroxylation is 1. The van der Waals surface area contributed by atoms with E-state index in [0.29, 0.717) is 42.7 Å². The number of hydrogen-bond acceptors (Lipinski definition) is 6. The van der Waals surface area contributed by atoms with Gasteiger partial charge in [0.1, 0.15) is 0 Å². The quantitative estimate of drug-likeness (QED) is 0.351. The van der Waals surface area contributed by atoms with E-state index in [-0.39, 0.29) is 5.91 Å². The number of hydrogen-bond donors (Lipinski definition) is 0. The van der Waals surface area contributed by atoms with E-state index < -0.39 is 0 Å². The molecule has 0 unspecified atom stereocenters. The molecular weight excluding hydrogens is 426 g/mol. The number of carbonyl (C=O) groups excluding carboxylic acids is 1. The van der Waals surface area contributed by atoms with Crippen molar-refractivity contribution in [2.75, 3.05) is 0 Å². The highest BCUT2D eigenvalue weighted by Gasteiger charge is 2.18. The minimum Gasteiger partial charge on any atom is -0.339 e. The average Bonchev–Trinajstić information content (AvgIpc) is 3.49. The van der Waals surface area contributed by atoms with E-state index in [4.69, 9.17) is 16.1 Å².